The first-order valence-corrected chi connectivity index (χ1v) is 4.47. The summed E-state index contributed by atoms with van der Waals surface area (Å²) in [4.78, 5) is 4.05. The molecule has 0 fully saturated rings. The maximum absolute atomic E-state index is 8.93. The SMILES string of the molecule is Cc1cc(C)c2cncc(C#N)c2c1. The maximum Gasteiger partial charge on any atom is 0.101 e. The molecule has 0 bridgehead atoms. The van der Waals surface area contributed by atoms with Crippen molar-refractivity contribution in [1.82, 2.24) is 4.98 Å². The van der Waals surface area contributed by atoms with E-state index in [0.29, 0.717) is 5.56 Å². The first-order chi connectivity index (χ1) is 6.72. The molecule has 0 aliphatic carbocycles. The molecule has 1 aromatic carbocycles. The monoisotopic (exact) mass is 182 g/mol. The Bertz CT molecular complexity index is 536. The van der Waals surface area contributed by atoms with Gasteiger partial charge in [-0.05, 0) is 25.5 Å². The van der Waals surface area contributed by atoms with Crippen LogP contribution in [0, 0.1) is 25.2 Å². The van der Waals surface area contributed by atoms with Gasteiger partial charge in [0, 0.05) is 23.2 Å². The Kier molecular flexibility index (Phi) is 1.94. The van der Waals surface area contributed by atoms with E-state index in [1.807, 2.05) is 26.1 Å². The van der Waals surface area contributed by atoms with Crippen LogP contribution in [0.5, 0.6) is 0 Å². The van der Waals surface area contributed by atoms with E-state index in [1.54, 1.807) is 6.20 Å². The molecule has 1 aromatic heterocycles. The Morgan fingerprint density at radius 2 is 1.93 bits per heavy atom. The molecular weight excluding hydrogens is 172 g/mol. The summed E-state index contributed by atoms with van der Waals surface area (Å²) in [5.74, 6) is 0. The number of fused-ring (bicyclic) bond motifs is 1. The lowest BCUT2D eigenvalue weighted by Crippen LogP contribution is -1.87. The third-order valence-corrected chi connectivity index (χ3v) is 2.35. The van der Waals surface area contributed by atoms with Crippen LogP contribution in [-0.4, -0.2) is 4.98 Å². The zero-order chi connectivity index (χ0) is 10.1. The highest BCUT2D eigenvalue weighted by Crippen LogP contribution is 2.22. The van der Waals surface area contributed by atoms with Gasteiger partial charge in [-0.2, -0.15) is 5.26 Å². The molecule has 14 heavy (non-hydrogen) atoms. The van der Waals surface area contributed by atoms with Crippen LogP contribution in [0.3, 0.4) is 0 Å². The summed E-state index contributed by atoms with van der Waals surface area (Å²) < 4.78 is 0. The van der Waals surface area contributed by atoms with Gasteiger partial charge in [0.15, 0.2) is 0 Å². The lowest BCUT2D eigenvalue weighted by atomic mass is 10.0. The van der Waals surface area contributed by atoms with Crippen molar-refractivity contribution in [3.05, 3.63) is 41.2 Å². The van der Waals surface area contributed by atoms with Gasteiger partial charge in [0.2, 0.25) is 0 Å². The standard InChI is InChI=1S/C12H10N2/c1-8-3-9(2)12-7-14-6-10(5-13)11(12)4-8/h3-4,6-7H,1-2H3. The minimum absolute atomic E-state index is 0.648. The van der Waals surface area contributed by atoms with Gasteiger partial charge in [0.1, 0.15) is 6.07 Å². The minimum atomic E-state index is 0.648. The largest absolute Gasteiger partial charge is 0.263 e. The van der Waals surface area contributed by atoms with E-state index in [-0.39, 0.29) is 0 Å². The van der Waals surface area contributed by atoms with Crippen molar-refractivity contribution in [3.63, 3.8) is 0 Å². The van der Waals surface area contributed by atoms with Gasteiger partial charge in [-0.3, -0.25) is 4.98 Å². The molecule has 1 heterocycles. The predicted octanol–water partition coefficient (Wildman–Crippen LogP) is 2.72. The van der Waals surface area contributed by atoms with Crippen molar-refractivity contribution in [2.45, 2.75) is 13.8 Å². The Labute approximate surface area is 82.8 Å². The van der Waals surface area contributed by atoms with E-state index in [4.69, 9.17) is 5.26 Å². The van der Waals surface area contributed by atoms with E-state index in [9.17, 15) is 0 Å². The van der Waals surface area contributed by atoms with Gasteiger partial charge in [0.25, 0.3) is 0 Å². The van der Waals surface area contributed by atoms with Gasteiger partial charge in [0.05, 0.1) is 5.56 Å². The number of rotatable bonds is 0. The van der Waals surface area contributed by atoms with Gasteiger partial charge in [-0.25, -0.2) is 0 Å². The van der Waals surface area contributed by atoms with E-state index in [0.717, 1.165) is 10.8 Å². The van der Waals surface area contributed by atoms with Crippen LogP contribution >= 0.6 is 0 Å². The Morgan fingerprint density at radius 3 is 2.64 bits per heavy atom. The van der Waals surface area contributed by atoms with Crippen LogP contribution in [0.15, 0.2) is 24.5 Å². The summed E-state index contributed by atoms with van der Waals surface area (Å²) in [6.45, 7) is 4.08. The molecule has 0 aliphatic heterocycles. The zero-order valence-electron chi connectivity index (χ0n) is 8.20. The lowest BCUT2D eigenvalue weighted by molar-refractivity contribution is 1.32. The van der Waals surface area contributed by atoms with E-state index < -0.39 is 0 Å². The number of aryl methyl sites for hydroxylation is 2. The number of nitrogens with zero attached hydrogens (tertiary/aromatic N) is 2. The zero-order valence-corrected chi connectivity index (χ0v) is 8.20. The average molecular weight is 182 g/mol. The van der Waals surface area contributed by atoms with Gasteiger partial charge < -0.3 is 0 Å². The van der Waals surface area contributed by atoms with Crippen LogP contribution in [0.1, 0.15) is 16.7 Å². The lowest BCUT2D eigenvalue weighted by Gasteiger charge is -2.04. The fourth-order valence-corrected chi connectivity index (χ4v) is 1.72. The quantitative estimate of drug-likeness (QED) is 0.628. The second kappa shape index (κ2) is 3.12. The van der Waals surface area contributed by atoms with Crippen molar-refractivity contribution >= 4 is 10.8 Å². The van der Waals surface area contributed by atoms with Crippen LogP contribution in [0.25, 0.3) is 10.8 Å². The number of hydrogen-bond donors (Lipinski definition) is 0. The predicted molar refractivity (Wildman–Crippen MR) is 55.9 cm³/mol. The third kappa shape index (κ3) is 1.23. The topological polar surface area (TPSA) is 36.7 Å². The molecule has 0 saturated carbocycles. The fourth-order valence-electron chi connectivity index (χ4n) is 1.72. The highest BCUT2D eigenvalue weighted by atomic mass is 14.6. The van der Waals surface area contributed by atoms with Gasteiger partial charge in [-0.15, -0.1) is 0 Å². The summed E-state index contributed by atoms with van der Waals surface area (Å²) in [6, 6.07) is 6.29. The molecule has 0 N–H and O–H groups in total. The van der Waals surface area contributed by atoms with Crippen LogP contribution in [0.4, 0.5) is 0 Å². The molecule has 0 amide bonds. The van der Waals surface area contributed by atoms with E-state index in [1.165, 1.54) is 11.1 Å². The second-order valence-electron chi connectivity index (χ2n) is 3.48. The molecular formula is C12H10N2. The molecule has 2 heteroatoms. The van der Waals surface area contributed by atoms with E-state index >= 15 is 0 Å². The molecule has 68 valence electrons. The van der Waals surface area contributed by atoms with Crippen LogP contribution in [0.2, 0.25) is 0 Å². The third-order valence-electron chi connectivity index (χ3n) is 2.35. The van der Waals surface area contributed by atoms with Gasteiger partial charge >= 0.3 is 0 Å². The summed E-state index contributed by atoms with van der Waals surface area (Å²) in [7, 11) is 0. The molecule has 0 atom stereocenters. The highest BCUT2D eigenvalue weighted by molar-refractivity contribution is 5.89. The number of hydrogen-bond acceptors (Lipinski definition) is 2. The fraction of sp³-hybridized carbons (Fsp3) is 0.167. The summed E-state index contributed by atoms with van der Waals surface area (Å²) in [5, 5.41) is 11.0. The summed E-state index contributed by atoms with van der Waals surface area (Å²) in [5.41, 5.74) is 3.00. The number of nitriles is 1. The van der Waals surface area contributed by atoms with Crippen LogP contribution < -0.4 is 0 Å². The molecule has 2 aromatic rings. The molecule has 2 nitrogen and oxygen atoms in total. The van der Waals surface area contributed by atoms with Crippen molar-refractivity contribution in [1.29, 1.82) is 5.26 Å². The van der Waals surface area contributed by atoms with Gasteiger partial charge in [-0.1, -0.05) is 11.6 Å². The van der Waals surface area contributed by atoms with Crippen molar-refractivity contribution < 1.29 is 0 Å². The van der Waals surface area contributed by atoms with Crippen LogP contribution in [-0.2, 0) is 0 Å². The Hall–Kier alpha value is -1.88. The molecule has 0 radical (unpaired) electrons. The molecule has 0 aliphatic rings. The molecule has 0 spiro atoms. The normalized spacial score (nSPS) is 10.1. The first kappa shape index (κ1) is 8.71. The maximum atomic E-state index is 8.93. The smallest absolute Gasteiger partial charge is 0.101 e. The number of pyridine rings is 1. The van der Waals surface area contributed by atoms with Crippen molar-refractivity contribution in [2.75, 3.05) is 0 Å². The Balaban J connectivity index is 2.95. The van der Waals surface area contributed by atoms with Crippen molar-refractivity contribution in [2.24, 2.45) is 0 Å². The summed E-state index contributed by atoms with van der Waals surface area (Å²) >= 11 is 0. The molecule has 0 saturated heterocycles. The second-order valence-corrected chi connectivity index (χ2v) is 3.48. The number of aromatic nitrogens is 1. The van der Waals surface area contributed by atoms with E-state index in [2.05, 4.69) is 17.1 Å². The average Bonchev–Trinajstić information content (AvgIpc) is 2.17. The molecule has 2 rings (SSSR count). The number of benzene rings is 1. The van der Waals surface area contributed by atoms with Crippen molar-refractivity contribution in [3.8, 4) is 6.07 Å². The molecule has 0 unspecified atom stereocenters. The Morgan fingerprint density at radius 1 is 1.14 bits per heavy atom. The first-order valence-electron chi connectivity index (χ1n) is 4.47. The highest BCUT2D eigenvalue weighted by Gasteiger charge is 2.03. The minimum Gasteiger partial charge on any atom is -0.263 e. The summed E-state index contributed by atoms with van der Waals surface area (Å²) in [6.07, 6.45) is 3.42.